The van der Waals surface area contributed by atoms with Crippen molar-refractivity contribution in [1.29, 1.82) is 5.26 Å². The summed E-state index contributed by atoms with van der Waals surface area (Å²) in [6, 6.07) is 10.7. The van der Waals surface area contributed by atoms with Gasteiger partial charge in [-0.25, -0.2) is 4.79 Å². The number of carbonyl (C=O) groups excluding carboxylic acids is 2. The molecule has 0 radical (unpaired) electrons. The van der Waals surface area contributed by atoms with Crippen LogP contribution in [-0.4, -0.2) is 18.5 Å². The summed E-state index contributed by atoms with van der Waals surface area (Å²) >= 11 is 0. The van der Waals surface area contributed by atoms with Gasteiger partial charge >= 0.3 is 5.97 Å². The van der Waals surface area contributed by atoms with Crippen LogP contribution in [0.1, 0.15) is 20.3 Å². The van der Waals surface area contributed by atoms with E-state index in [2.05, 4.69) is 5.32 Å². The normalized spacial score (nSPS) is 11.1. The Morgan fingerprint density at radius 1 is 1.30 bits per heavy atom. The molecule has 20 heavy (non-hydrogen) atoms. The zero-order valence-electron chi connectivity index (χ0n) is 11.5. The molecule has 5 nitrogen and oxygen atoms in total. The summed E-state index contributed by atoms with van der Waals surface area (Å²) in [5, 5.41) is 11.6. The molecular formula is C15H16N2O3. The standard InChI is InChI=1S/C15H16N2O3/c1-3-20-15(19)13(10-16)11(2)9-14(18)17-12-7-5-4-6-8-12/h4-8H,3,9H2,1-2H3,(H,17,18)/b13-11+. The van der Waals surface area contributed by atoms with Crippen molar-refractivity contribution in [3.05, 3.63) is 41.5 Å². The fourth-order valence-corrected chi connectivity index (χ4v) is 1.57. The van der Waals surface area contributed by atoms with Crippen LogP contribution in [0.3, 0.4) is 0 Å². The molecule has 5 heteroatoms. The molecule has 0 unspecified atom stereocenters. The Balaban J connectivity index is 2.73. The number of rotatable bonds is 5. The van der Waals surface area contributed by atoms with Gasteiger partial charge in [0.2, 0.25) is 5.91 Å². The number of nitrogens with zero attached hydrogens (tertiary/aromatic N) is 1. The molecule has 1 rings (SSSR count). The Bertz CT molecular complexity index is 556. The van der Waals surface area contributed by atoms with Gasteiger partial charge in [0.1, 0.15) is 11.6 Å². The van der Waals surface area contributed by atoms with E-state index >= 15 is 0 Å². The lowest BCUT2D eigenvalue weighted by molar-refractivity contribution is -0.138. The molecule has 0 saturated carbocycles. The summed E-state index contributed by atoms with van der Waals surface area (Å²) in [4.78, 5) is 23.3. The van der Waals surface area contributed by atoms with Gasteiger partial charge in [0.05, 0.1) is 6.61 Å². The molecule has 1 amide bonds. The first-order valence-corrected chi connectivity index (χ1v) is 6.20. The highest BCUT2D eigenvalue weighted by Gasteiger charge is 2.15. The summed E-state index contributed by atoms with van der Waals surface area (Å²) in [6.07, 6.45) is -0.0311. The van der Waals surface area contributed by atoms with Crippen LogP contribution in [0, 0.1) is 11.3 Å². The number of esters is 1. The van der Waals surface area contributed by atoms with E-state index in [1.807, 2.05) is 6.07 Å². The summed E-state index contributed by atoms with van der Waals surface area (Å²) in [7, 11) is 0. The number of carbonyl (C=O) groups is 2. The van der Waals surface area contributed by atoms with Crippen molar-refractivity contribution in [2.45, 2.75) is 20.3 Å². The maximum atomic E-state index is 11.8. The van der Waals surface area contributed by atoms with Crippen molar-refractivity contribution in [3.8, 4) is 6.07 Å². The van der Waals surface area contributed by atoms with Crippen LogP contribution in [-0.2, 0) is 14.3 Å². The first-order valence-electron chi connectivity index (χ1n) is 6.20. The number of hydrogen-bond acceptors (Lipinski definition) is 4. The Morgan fingerprint density at radius 3 is 2.50 bits per heavy atom. The van der Waals surface area contributed by atoms with Gasteiger partial charge in [-0.05, 0) is 31.6 Å². The topological polar surface area (TPSA) is 79.2 Å². The molecule has 0 aliphatic rings. The van der Waals surface area contributed by atoms with Crippen LogP contribution in [0.2, 0.25) is 0 Å². The number of nitriles is 1. The molecule has 1 aromatic rings. The largest absolute Gasteiger partial charge is 0.462 e. The molecule has 0 heterocycles. The lowest BCUT2D eigenvalue weighted by Gasteiger charge is -2.07. The Labute approximate surface area is 117 Å². The zero-order chi connectivity index (χ0) is 15.0. The fourth-order valence-electron chi connectivity index (χ4n) is 1.57. The molecule has 0 aromatic heterocycles. The van der Waals surface area contributed by atoms with E-state index < -0.39 is 5.97 Å². The molecule has 0 saturated heterocycles. The van der Waals surface area contributed by atoms with E-state index in [4.69, 9.17) is 10.00 Å². The second kappa shape index (κ2) is 7.74. The maximum absolute atomic E-state index is 11.8. The summed E-state index contributed by atoms with van der Waals surface area (Å²) in [5.74, 6) is -0.981. The molecule has 1 N–H and O–H groups in total. The number of para-hydroxylation sites is 1. The monoisotopic (exact) mass is 272 g/mol. The van der Waals surface area contributed by atoms with Crippen LogP contribution in [0.25, 0.3) is 0 Å². The van der Waals surface area contributed by atoms with E-state index in [-0.39, 0.29) is 24.5 Å². The van der Waals surface area contributed by atoms with Gasteiger partial charge in [0.25, 0.3) is 0 Å². The second-order valence-electron chi connectivity index (χ2n) is 4.08. The van der Waals surface area contributed by atoms with E-state index in [0.29, 0.717) is 11.3 Å². The third-order valence-electron chi connectivity index (χ3n) is 2.50. The van der Waals surface area contributed by atoms with E-state index in [9.17, 15) is 9.59 Å². The van der Waals surface area contributed by atoms with E-state index in [1.54, 1.807) is 44.2 Å². The molecule has 0 spiro atoms. The number of ether oxygens (including phenoxy) is 1. The average Bonchev–Trinajstić information content (AvgIpc) is 2.40. The highest BCUT2D eigenvalue weighted by atomic mass is 16.5. The van der Waals surface area contributed by atoms with Gasteiger partial charge in [0, 0.05) is 12.1 Å². The van der Waals surface area contributed by atoms with Crippen molar-refractivity contribution in [2.75, 3.05) is 11.9 Å². The predicted molar refractivity (Wildman–Crippen MR) is 74.6 cm³/mol. The SMILES string of the molecule is CCOC(=O)/C(C#N)=C(\C)CC(=O)Nc1ccccc1. The Kier molecular flexibility index (Phi) is 5.98. The van der Waals surface area contributed by atoms with E-state index in [1.165, 1.54) is 0 Å². The van der Waals surface area contributed by atoms with Crippen LogP contribution >= 0.6 is 0 Å². The van der Waals surface area contributed by atoms with Crippen molar-refractivity contribution in [2.24, 2.45) is 0 Å². The molecule has 0 aliphatic carbocycles. The van der Waals surface area contributed by atoms with Gasteiger partial charge in [-0.3, -0.25) is 4.79 Å². The Hall–Kier alpha value is -2.61. The van der Waals surface area contributed by atoms with Gasteiger partial charge in [-0.2, -0.15) is 5.26 Å². The van der Waals surface area contributed by atoms with Crippen molar-refractivity contribution >= 4 is 17.6 Å². The first kappa shape index (κ1) is 15.4. The molecule has 104 valence electrons. The number of amides is 1. The molecule has 0 aliphatic heterocycles. The highest BCUT2D eigenvalue weighted by Crippen LogP contribution is 2.12. The molecule has 0 atom stereocenters. The van der Waals surface area contributed by atoms with Gasteiger partial charge < -0.3 is 10.1 Å². The van der Waals surface area contributed by atoms with Crippen molar-refractivity contribution in [1.82, 2.24) is 0 Å². The minimum atomic E-state index is -0.694. The number of anilines is 1. The third kappa shape index (κ3) is 4.58. The van der Waals surface area contributed by atoms with Gasteiger partial charge in [-0.1, -0.05) is 18.2 Å². The molecular weight excluding hydrogens is 256 g/mol. The van der Waals surface area contributed by atoms with Crippen LogP contribution < -0.4 is 5.32 Å². The van der Waals surface area contributed by atoms with Crippen molar-refractivity contribution < 1.29 is 14.3 Å². The lowest BCUT2D eigenvalue weighted by Crippen LogP contribution is -2.14. The number of benzene rings is 1. The lowest BCUT2D eigenvalue weighted by atomic mass is 10.1. The molecule has 0 bridgehead atoms. The summed E-state index contributed by atoms with van der Waals surface area (Å²) in [5.41, 5.74) is 0.939. The predicted octanol–water partition coefficient (Wildman–Crippen LogP) is 2.42. The first-order chi connectivity index (χ1) is 9.58. The number of hydrogen-bond donors (Lipinski definition) is 1. The van der Waals surface area contributed by atoms with E-state index in [0.717, 1.165) is 0 Å². The summed E-state index contributed by atoms with van der Waals surface area (Å²) < 4.78 is 4.76. The smallest absolute Gasteiger partial charge is 0.348 e. The van der Waals surface area contributed by atoms with Gasteiger partial charge in [-0.15, -0.1) is 0 Å². The fraction of sp³-hybridized carbons (Fsp3) is 0.267. The third-order valence-corrected chi connectivity index (χ3v) is 2.50. The van der Waals surface area contributed by atoms with Crippen LogP contribution in [0.4, 0.5) is 5.69 Å². The summed E-state index contributed by atoms with van der Waals surface area (Å²) in [6.45, 7) is 3.41. The van der Waals surface area contributed by atoms with Crippen LogP contribution in [0.15, 0.2) is 41.5 Å². The van der Waals surface area contributed by atoms with Crippen LogP contribution in [0.5, 0.6) is 0 Å². The maximum Gasteiger partial charge on any atom is 0.348 e. The minimum absolute atomic E-state index is 0.0311. The number of nitrogens with one attached hydrogen (secondary N) is 1. The second-order valence-corrected chi connectivity index (χ2v) is 4.08. The van der Waals surface area contributed by atoms with Gasteiger partial charge in [0.15, 0.2) is 0 Å². The Morgan fingerprint density at radius 2 is 1.95 bits per heavy atom. The minimum Gasteiger partial charge on any atom is -0.462 e. The highest BCUT2D eigenvalue weighted by molar-refractivity contribution is 5.97. The average molecular weight is 272 g/mol. The molecule has 0 fully saturated rings. The zero-order valence-corrected chi connectivity index (χ0v) is 11.5. The molecule has 1 aromatic carbocycles. The van der Waals surface area contributed by atoms with Crippen molar-refractivity contribution in [3.63, 3.8) is 0 Å². The quantitative estimate of drug-likeness (QED) is 0.507.